The van der Waals surface area contributed by atoms with E-state index in [4.69, 9.17) is 12.2 Å². The van der Waals surface area contributed by atoms with E-state index in [1.54, 1.807) is 0 Å². The maximum Gasteiger partial charge on any atom is 0.144 e. The van der Waals surface area contributed by atoms with Gasteiger partial charge in [0.2, 0.25) is 0 Å². The molecule has 1 heterocycles. The Bertz CT molecular complexity index is 844. The van der Waals surface area contributed by atoms with E-state index in [1.807, 2.05) is 54.6 Å². The number of halogens is 2. The van der Waals surface area contributed by atoms with E-state index in [0.29, 0.717) is 4.64 Å². The highest BCUT2D eigenvalue weighted by Crippen LogP contribution is 2.31. The molecule has 0 aliphatic rings. The van der Waals surface area contributed by atoms with Crippen molar-refractivity contribution < 1.29 is 0 Å². The predicted octanol–water partition coefficient (Wildman–Crippen LogP) is 6.00. The SMILES string of the molecule is S=c1nc(-c2ccccc2Br)[nH]c(-c2ccccc2)c1Br. The average molecular weight is 422 g/mol. The minimum Gasteiger partial charge on any atom is -0.338 e. The first-order valence-corrected chi connectivity index (χ1v) is 8.26. The van der Waals surface area contributed by atoms with E-state index in [0.717, 1.165) is 31.6 Å². The molecular weight excluding hydrogens is 412 g/mol. The van der Waals surface area contributed by atoms with Crippen LogP contribution in [0.2, 0.25) is 0 Å². The van der Waals surface area contributed by atoms with E-state index in [9.17, 15) is 0 Å². The number of rotatable bonds is 2. The fourth-order valence-corrected chi connectivity index (χ4v) is 3.13. The molecule has 5 heteroatoms. The molecule has 2 nitrogen and oxygen atoms in total. The van der Waals surface area contributed by atoms with Gasteiger partial charge in [0, 0.05) is 10.0 Å². The number of H-pyrrole nitrogens is 1. The van der Waals surface area contributed by atoms with Crippen LogP contribution in [0.4, 0.5) is 0 Å². The van der Waals surface area contributed by atoms with Crippen LogP contribution in [0.5, 0.6) is 0 Å². The van der Waals surface area contributed by atoms with Crippen molar-refractivity contribution in [3.63, 3.8) is 0 Å². The summed E-state index contributed by atoms with van der Waals surface area (Å²) in [5, 5.41) is 0. The first-order chi connectivity index (χ1) is 10.2. The zero-order valence-electron chi connectivity index (χ0n) is 10.8. The standard InChI is InChI=1S/C16H10Br2N2S/c17-12-9-5-4-8-11(12)15-19-14(13(18)16(21)20-15)10-6-2-1-3-7-10/h1-9H,(H,19,20,21). The lowest BCUT2D eigenvalue weighted by Crippen LogP contribution is -1.95. The molecule has 0 amide bonds. The Morgan fingerprint density at radius 3 is 2.29 bits per heavy atom. The molecule has 1 N–H and O–H groups in total. The Morgan fingerprint density at radius 2 is 1.57 bits per heavy atom. The molecule has 0 aliphatic carbocycles. The normalized spacial score (nSPS) is 10.6. The van der Waals surface area contributed by atoms with Gasteiger partial charge < -0.3 is 4.98 Å². The lowest BCUT2D eigenvalue weighted by Gasteiger charge is -2.10. The molecular formula is C16H10Br2N2S. The minimum atomic E-state index is 0.540. The van der Waals surface area contributed by atoms with Crippen molar-refractivity contribution in [3.8, 4) is 22.6 Å². The summed E-state index contributed by atoms with van der Waals surface area (Å²) in [6, 6.07) is 18.0. The topological polar surface area (TPSA) is 28.7 Å². The quantitative estimate of drug-likeness (QED) is 0.514. The summed E-state index contributed by atoms with van der Waals surface area (Å²) >= 11 is 12.5. The van der Waals surface area contributed by atoms with Gasteiger partial charge in [0.05, 0.1) is 10.2 Å². The fourth-order valence-electron chi connectivity index (χ4n) is 2.04. The molecule has 0 bridgehead atoms. The molecule has 0 saturated carbocycles. The number of aromatic nitrogens is 2. The van der Waals surface area contributed by atoms with Gasteiger partial charge in [-0.15, -0.1) is 0 Å². The summed E-state index contributed by atoms with van der Waals surface area (Å²) in [5.41, 5.74) is 2.97. The first kappa shape index (κ1) is 14.6. The van der Waals surface area contributed by atoms with Gasteiger partial charge in [-0.1, -0.05) is 76.7 Å². The van der Waals surface area contributed by atoms with Gasteiger partial charge >= 0.3 is 0 Å². The van der Waals surface area contributed by atoms with Crippen molar-refractivity contribution in [2.24, 2.45) is 0 Å². The van der Waals surface area contributed by atoms with Gasteiger partial charge in [0.25, 0.3) is 0 Å². The van der Waals surface area contributed by atoms with Crippen LogP contribution in [0.25, 0.3) is 22.6 Å². The highest BCUT2D eigenvalue weighted by atomic mass is 79.9. The number of nitrogens with zero attached hydrogens (tertiary/aromatic N) is 1. The summed E-state index contributed by atoms with van der Waals surface area (Å²) in [6.07, 6.45) is 0. The van der Waals surface area contributed by atoms with Gasteiger partial charge in [-0.2, -0.15) is 0 Å². The summed E-state index contributed by atoms with van der Waals surface area (Å²) in [4.78, 5) is 7.84. The summed E-state index contributed by atoms with van der Waals surface area (Å²) < 4.78 is 2.32. The molecule has 0 saturated heterocycles. The summed E-state index contributed by atoms with van der Waals surface area (Å²) in [7, 11) is 0. The van der Waals surface area contributed by atoms with Crippen molar-refractivity contribution in [1.82, 2.24) is 9.97 Å². The lowest BCUT2D eigenvalue weighted by atomic mass is 10.1. The van der Waals surface area contributed by atoms with E-state index in [1.165, 1.54) is 0 Å². The van der Waals surface area contributed by atoms with Crippen LogP contribution in [-0.4, -0.2) is 9.97 Å². The van der Waals surface area contributed by atoms with E-state index in [-0.39, 0.29) is 0 Å². The zero-order chi connectivity index (χ0) is 14.8. The molecule has 0 radical (unpaired) electrons. The minimum absolute atomic E-state index is 0.540. The Hall–Kier alpha value is -1.30. The van der Waals surface area contributed by atoms with Crippen molar-refractivity contribution in [2.75, 3.05) is 0 Å². The lowest BCUT2D eigenvalue weighted by molar-refractivity contribution is 1.14. The van der Waals surface area contributed by atoms with Crippen LogP contribution >= 0.6 is 44.1 Å². The third kappa shape index (κ3) is 3.00. The third-order valence-corrected chi connectivity index (χ3v) is 5.08. The van der Waals surface area contributed by atoms with Crippen molar-refractivity contribution in [2.45, 2.75) is 0 Å². The van der Waals surface area contributed by atoms with E-state index in [2.05, 4.69) is 41.8 Å². The molecule has 3 rings (SSSR count). The number of hydrogen-bond acceptors (Lipinski definition) is 2. The molecule has 104 valence electrons. The van der Waals surface area contributed by atoms with Crippen LogP contribution in [0.3, 0.4) is 0 Å². The van der Waals surface area contributed by atoms with Gasteiger partial charge in [0.15, 0.2) is 0 Å². The van der Waals surface area contributed by atoms with Gasteiger partial charge in [0.1, 0.15) is 10.5 Å². The van der Waals surface area contributed by atoms with Gasteiger partial charge in [-0.05, 0) is 27.6 Å². The number of hydrogen-bond donors (Lipinski definition) is 1. The summed E-state index contributed by atoms with van der Waals surface area (Å²) in [6.45, 7) is 0. The molecule has 0 unspecified atom stereocenters. The smallest absolute Gasteiger partial charge is 0.144 e. The van der Waals surface area contributed by atoms with Crippen LogP contribution in [0.15, 0.2) is 63.5 Å². The Labute approximate surface area is 144 Å². The Morgan fingerprint density at radius 1 is 0.905 bits per heavy atom. The summed E-state index contributed by atoms with van der Waals surface area (Å²) in [5.74, 6) is 0.745. The third-order valence-electron chi connectivity index (χ3n) is 3.06. The highest BCUT2D eigenvalue weighted by Gasteiger charge is 2.11. The molecule has 0 fully saturated rings. The predicted molar refractivity (Wildman–Crippen MR) is 95.7 cm³/mol. The first-order valence-electron chi connectivity index (χ1n) is 6.27. The number of benzene rings is 2. The number of nitrogens with one attached hydrogen (secondary N) is 1. The molecule has 2 aromatic carbocycles. The van der Waals surface area contributed by atoms with Crippen molar-refractivity contribution >= 4 is 44.1 Å². The van der Waals surface area contributed by atoms with Crippen molar-refractivity contribution in [3.05, 3.63) is 68.2 Å². The second-order valence-corrected chi connectivity index (χ2v) is 6.46. The maximum absolute atomic E-state index is 5.38. The van der Waals surface area contributed by atoms with Crippen LogP contribution in [0.1, 0.15) is 0 Å². The second-order valence-electron chi connectivity index (χ2n) is 4.43. The molecule has 0 spiro atoms. The van der Waals surface area contributed by atoms with Crippen LogP contribution < -0.4 is 0 Å². The fraction of sp³-hybridized carbons (Fsp3) is 0. The Balaban J connectivity index is 2.24. The molecule has 0 atom stereocenters. The van der Waals surface area contributed by atoms with Gasteiger partial charge in [-0.25, -0.2) is 4.98 Å². The molecule has 21 heavy (non-hydrogen) atoms. The van der Waals surface area contributed by atoms with Crippen LogP contribution in [-0.2, 0) is 0 Å². The van der Waals surface area contributed by atoms with Crippen molar-refractivity contribution in [1.29, 1.82) is 0 Å². The molecule has 3 aromatic rings. The highest BCUT2D eigenvalue weighted by molar-refractivity contribution is 9.11. The van der Waals surface area contributed by atoms with E-state index < -0.39 is 0 Å². The number of aromatic amines is 1. The largest absolute Gasteiger partial charge is 0.338 e. The maximum atomic E-state index is 5.38. The monoisotopic (exact) mass is 420 g/mol. The van der Waals surface area contributed by atoms with Crippen LogP contribution in [0, 0.1) is 4.64 Å². The zero-order valence-corrected chi connectivity index (χ0v) is 14.8. The Kier molecular flexibility index (Phi) is 4.33. The van der Waals surface area contributed by atoms with E-state index >= 15 is 0 Å². The van der Waals surface area contributed by atoms with Gasteiger partial charge in [-0.3, -0.25) is 0 Å². The molecule has 0 aliphatic heterocycles. The average Bonchev–Trinajstić information content (AvgIpc) is 2.51. The molecule has 1 aromatic heterocycles. The second kappa shape index (κ2) is 6.22.